The van der Waals surface area contributed by atoms with E-state index in [2.05, 4.69) is 10.3 Å². The highest BCUT2D eigenvalue weighted by molar-refractivity contribution is 7.17. The topological polar surface area (TPSA) is 64.4 Å². The molecule has 0 spiro atoms. The highest BCUT2D eigenvalue weighted by atomic mass is 32.1. The van der Waals surface area contributed by atoms with Crippen molar-refractivity contribution in [3.8, 4) is 22.0 Å². The molecule has 5 nitrogen and oxygen atoms in total. The molecular weight excluding hydrogens is 336 g/mol. The van der Waals surface area contributed by atoms with Gasteiger partial charge in [0, 0.05) is 18.7 Å². The second kappa shape index (κ2) is 7.21. The van der Waals surface area contributed by atoms with Crippen molar-refractivity contribution in [2.75, 3.05) is 13.2 Å². The Morgan fingerprint density at radius 3 is 2.84 bits per heavy atom. The SMILES string of the molecule is O=C(NC[C@H]1CCCO1)c1sc(-c2ccco2)nc1-c1ccccc1. The third-order valence-corrected chi connectivity index (χ3v) is 5.20. The predicted octanol–water partition coefficient (Wildman–Crippen LogP) is 3.98. The van der Waals surface area contributed by atoms with Crippen LogP contribution in [0.5, 0.6) is 0 Å². The van der Waals surface area contributed by atoms with Gasteiger partial charge in [0.05, 0.1) is 18.1 Å². The maximum atomic E-state index is 12.8. The summed E-state index contributed by atoms with van der Waals surface area (Å²) in [5.74, 6) is 0.546. The fourth-order valence-electron chi connectivity index (χ4n) is 2.86. The highest BCUT2D eigenvalue weighted by Gasteiger charge is 2.23. The van der Waals surface area contributed by atoms with E-state index < -0.39 is 0 Å². The number of thiazole rings is 1. The minimum absolute atomic E-state index is 0.113. The van der Waals surface area contributed by atoms with Crippen LogP contribution < -0.4 is 5.32 Å². The second-order valence-corrected chi connectivity index (χ2v) is 6.88. The van der Waals surface area contributed by atoms with E-state index in [0.29, 0.717) is 27.9 Å². The Bertz CT molecular complexity index is 837. The van der Waals surface area contributed by atoms with E-state index in [4.69, 9.17) is 9.15 Å². The second-order valence-electron chi connectivity index (χ2n) is 5.89. The third kappa shape index (κ3) is 3.50. The number of rotatable bonds is 5. The minimum atomic E-state index is -0.121. The maximum Gasteiger partial charge on any atom is 0.263 e. The van der Waals surface area contributed by atoms with Crippen molar-refractivity contribution in [3.63, 3.8) is 0 Å². The van der Waals surface area contributed by atoms with E-state index in [1.165, 1.54) is 11.3 Å². The van der Waals surface area contributed by atoms with Crippen LogP contribution in [0.3, 0.4) is 0 Å². The van der Waals surface area contributed by atoms with Gasteiger partial charge in [0.15, 0.2) is 10.8 Å². The van der Waals surface area contributed by atoms with Crippen molar-refractivity contribution >= 4 is 17.2 Å². The maximum absolute atomic E-state index is 12.8. The molecule has 1 aliphatic heterocycles. The first-order valence-corrected chi connectivity index (χ1v) is 9.13. The van der Waals surface area contributed by atoms with Crippen molar-refractivity contribution in [1.82, 2.24) is 10.3 Å². The number of nitrogens with one attached hydrogen (secondary N) is 1. The summed E-state index contributed by atoms with van der Waals surface area (Å²) in [7, 11) is 0. The molecule has 1 fully saturated rings. The quantitative estimate of drug-likeness (QED) is 0.753. The molecule has 1 aliphatic rings. The Balaban J connectivity index is 1.63. The summed E-state index contributed by atoms with van der Waals surface area (Å²) >= 11 is 1.34. The lowest BCUT2D eigenvalue weighted by atomic mass is 10.1. The van der Waals surface area contributed by atoms with Gasteiger partial charge in [0.2, 0.25) is 0 Å². The van der Waals surface area contributed by atoms with Crippen molar-refractivity contribution < 1.29 is 13.9 Å². The Labute approximate surface area is 149 Å². The van der Waals surface area contributed by atoms with Crippen molar-refractivity contribution in [2.45, 2.75) is 18.9 Å². The smallest absolute Gasteiger partial charge is 0.263 e. The molecule has 1 aromatic carbocycles. The lowest BCUT2D eigenvalue weighted by Gasteiger charge is -2.10. The molecule has 1 saturated heterocycles. The average molecular weight is 354 g/mol. The monoisotopic (exact) mass is 354 g/mol. The zero-order valence-corrected chi connectivity index (χ0v) is 14.4. The first kappa shape index (κ1) is 16.1. The predicted molar refractivity (Wildman–Crippen MR) is 96.6 cm³/mol. The Morgan fingerprint density at radius 2 is 2.12 bits per heavy atom. The lowest BCUT2D eigenvalue weighted by Crippen LogP contribution is -2.31. The average Bonchev–Trinajstić information content (AvgIpc) is 3.41. The molecule has 6 heteroatoms. The van der Waals surface area contributed by atoms with E-state index >= 15 is 0 Å². The van der Waals surface area contributed by atoms with Crippen LogP contribution in [-0.4, -0.2) is 30.1 Å². The number of hydrogen-bond acceptors (Lipinski definition) is 5. The molecule has 0 saturated carbocycles. The molecule has 4 rings (SSSR count). The summed E-state index contributed by atoms with van der Waals surface area (Å²) in [4.78, 5) is 18.0. The van der Waals surface area contributed by atoms with Gasteiger partial charge in [-0.1, -0.05) is 30.3 Å². The van der Waals surface area contributed by atoms with Gasteiger partial charge in [-0.3, -0.25) is 4.79 Å². The van der Waals surface area contributed by atoms with Gasteiger partial charge < -0.3 is 14.5 Å². The summed E-state index contributed by atoms with van der Waals surface area (Å²) in [6, 6.07) is 13.4. The molecule has 25 heavy (non-hydrogen) atoms. The van der Waals surface area contributed by atoms with Crippen molar-refractivity contribution in [1.29, 1.82) is 0 Å². The first-order chi connectivity index (χ1) is 12.3. The molecule has 0 radical (unpaired) electrons. The van der Waals surface area contributed by atoms with Crippen LogP contribution in [-0.2, 0) is 4.74 Å². The highest BCUT2D eigenvalue weighted by Crippen LogP contribution is 2.34. The summed E-state index contributed by atoms with van der Waals surface area (Å²) in [6.45, 7) is 1.31. The molecule has 0 bridgehead atoms. The summed E-state index contributed by atoms with van der Waals surface area (Å²) in [5.41, 5.74) is 1.60. The summed E-state index contributed by atoms with van der Waals surface area (Å²) < 4.78 is 11.0. The van der Waals surface area contributed by atoms with Crippen LogP contribution in [0.4, 0.5) is 0 Å². The summed E-state index contributed by atoms with van der Waals surface area (Å²) in [6.07, 6.45) is 3.77. The molecule has 2 aromatic heterocycles. The molecule has 128 valence electrons. The molecule has 1 atom stereocenters. The van der Waals surface area contributed by atoms with Crippen LogP contribution in [0.15, 0.2) is 53.1 Å². The van der Waals surface area contributed by atoms with Crippen molar-refractivity contribution in [3.05, 3.63) is 53.6 Å². The molecule has 1 N–H and O–H groups in total. The molecule has 3 aromatic rings. The van der Waals surface area contributed by atoms with Gasteiger partial charge in [0.1, 0.15) is 4.88 Å². The van der Waals surface area contributed by atoms with Crippen LogP contribution >= 0.6 is 11.3 Å². The zero-order chi connectivity index (χ0) is 17.1. The minimum Gasteiger partial charge on any atom is -0.462 e. The van der Waals surface area contributed by atoms with E-state index in [-0.39, 0.29) is 12.0 Å². The number of aromatic nitrogens is 1. The summed E-state index contributed by atoms with van der Waals surface area (Å²) in [5, 5.41) is 3.69. The molecule has 0 aliphatic carbocycles. The number of furan rings is 1. The molecule has 3 heterocycles. The Hall–Kier alpha value is -2.44. The largest absolute Gasteiger partial charge is 0.462 e. The van der Waals surface area contributed by atoms with Crippen LogP contribution in [0, 0.1) is 0 Å². The third-order valence-electron chi connectivity index (χ3n) is 4.13. The Kier molecular flexibility index (Phi) is 4.63. The lowest BCUT2D eigenvalue weighted by molar-refractivity contribution is 0.0861. The Morgan fingerprint density at radius 1 is 1.24 bits per heavy atom. The van der Waals surface area contributed by atoms with E-state index in [9.17, 15) is 4.79 Å². The van der Waals surface area contributed by atoms with Gasteiger partial charge in [-0.25, -0.2) is 4.98 Å². The molecule has 1 amide bonds. The van der Waals surface area contributed by atoms with Crippen LogP contribution in [0.2, 0.25) is 0 Å². The molecular formula is C19H18N2O3S. The van der Waals surface area contributed by atoms with Gasteiger partial charge in [-0.15, -0.1) is 11.3 Å². The van der Waals surface area contributed by atoms with Crippen molar-refractivity contribution in [2.24, 2.45) is 0 Å². The number of carbonyl (C=O) groups excluding carboxylic acids is 1. The molecule has 0 unspecified atom stereocenters. The first-order valence-electron chi connectivity index (χ1n) is 8.31. The van der Waals surface area contributed by atoms with E-state index in [1.807, 2.05) is 42.5 Å². The number of ether oxygens (including phenoxy) is 1. The number of amides is 1. The number of carbonyl (C=O) groups is 1. The fraction of sp³-hybridized carbons (Fsp3) is 0.263. The van der Waals surface area contributed by atoms with Crippen LogP contribution in [0.1, 0.15) is 22.5 Å². The van der Waals surface area contributed by atoms with E-state index in [1.54, 1.807) is 6.26 Å². The zero-order valence-electron chi connectivity index (χ0n) is 13.6. The number of benzene rings is 1. The van der Waals surface area contributed by atoms with Gasteiger partial charge in [-0.05, 0) is 25.0 Å². The van der Waals surface area contributed by atoms with Crippen LogP contribution in [0.25, 0.3) is 22.0 Å². The van der Waals surface area contributed by atoms with Gasteiger partial charge in [0.25, 0.3) is 5.91 Å². The van der Waals surface area contributed by atoms with Gasteiger partial charge >= 0.3 is 0 Å². The normalized spacial score (nSPS) is 16.9. The number of hydrogen-bond donors (Lipinski definition) is 1. The van der Waals surface area contributed by atoms with Gasteiger partial charge in [-0.2, -0.15) is 0 Å². The standard InChI is InChI=1S/C19H18N2O3S/c22-18(20-12-14-8-4-10-23-14)17-16(13-6-2-1-3-7-13)21-19(25-17)15-9-5-11-24-15/h1-3,5-7,9,11,14H,4,8,10,12H2,(H,20,22)/t14-/m1/s1. The van der Waals surface area contributed by atoms with E-state index in [0.717, 1.165) is 25.0 Å². The fourth-order valence-corrected chi connectivity index (χ4v) is 3.84. The number of nitrogens with zero attached hydrogens (tertiary/aromatic N) is 1.